The molecule has 0 amide bonds. The van der Waals surface area contributed by atoms with Crippen molar-refractivity contribution in [1.82, 2.24) is 9.88 Å². The van der Waals surface area contributed by atoms with Gasteiger partial charge in [-0.05, 0) is 83.3 Å². The second-order valence-electron chi connectivity index (χ2n) is 11.2. The summed E-state index contributed by atoms with van der Waals surface area (Å²) in [4.78, 5) is 44.5. The first-order valence-electron chi connectivity index (χ1n) is 15.4. The van der Waals surface area contributed by atoms with Gasteiger partial charge in [0.1, 0.15) is 6.61 Å². The second kappa shape index (κ2) is 15.8. The number of allylic oxidation sites excluding steroid dienone is 2. The summed E-state index contributed by atoms with van der Waals surface area (Å²) in [7, 11) is 0. The number of carbonyl (C=O) groups is 3. The number of pyridine rings is 1. The lowest BCUT2D eigenvalue weighted by molar-refractivity contribution is -0.144. The molecule has 0 bridgehead atoms. The van der Waals surface area contributed by atoms with Crippen LogP contribution in [-0.4, -0.2) is 59.7 Å². The summed E-state index contributed by atoms with van der Waals surface area (Å²) in [5, 5.41) is 5.35. The quantitative estimate of drug-likeness (QED) is 0.133. The maximum atomic E-state index is 12.9. The number of ketones is 2. The highest BCUT2D eigenvalue weighted by Gasteiger charge is 2.28. The number of halogens is 1. The molecule has 1 N–H and O–H groups in total. The fourth-order valence-corrected chi connectivity index (χ4v) is 5.76. The van der Waals surface area contributed by atoms with E-state index in [1.54, 1.807) is 37.4 Å². The van der Waals surface area contributed by atoms with Crippen LogP contribution in [0.4, 0.5) is 5.69 Å². The van der Waals surface area contributed by atoms with E-state index in [0.717, 1.165) is 55.4 Å². The number of rotatable bonds is 16. The van der Waals surface area contributed by atoms with Gasteiger partial charge >= 0.3 is 5.97 Å². The predicted octanol–water partition coefficient (Wildman–Crippen LogP) is 7.68. The van der Waals surface area contributed by atoms with Crippen molar-refractivity contribution in [1.29, 1.82) is 0 Å². The van der Waals surface area contributed by atoms with Crippen molar-refractivity contribution < 1.29 is 19.1 Å². The van der Waals surface area contributed by atoms with Gasteiger partial charge in [0.25, 0.3) is 0 Å². The molecular formula is C35H42ClN3O4. The summed E-state index contributed by atoms with van der Waals surface area (Å²) >= 11 is 6.11. The molecule has 0 saturated heterocycles. The average Bonchev–Trinajstić information content (AvgIpc) is 3.00. The number of anilines is 1. The number of likely N-dealkylation sites (N-methyl/N-ethyl adjacent to an activating group) is 1. The SMILES string of the molecule is CCN(CCCC(C)Nc1ccnc2cc(Cl)ccc12)CCOC(=O)CCCCCC1=C(C)C(=O)c2ccccc2C1=O. The van der Waals surface area contributed by atoms with Crippen LogP contribution in [0.5, 0.6) is 0 Å². The number of hydrogen-bond acceptors (Lipinski definition) is 7. The molecule has 0 radical (unpaired) electrons. The van der Waals surface area contributed by atoms with E-state index < -0.39 is 0 Å². The van der Waals surface area contributed by atoms with E-state index in [1.165, 1.54) is 0 Å². The highest BCUT2D eigenvalue weighted by molar-refractivity contribution is 6.31. The van der Waals surface area contributed by atoms with Crippen LogP contribution in [0.1, 0.15) is 86.4 Å². The molecule has 1 heterocycles. The van der Waals surface area contributed by atoms with E-state index >= 15 is 0 Å². The average molecular weight is 604 g/mol. The number of Topliss-reactive ketones (excluding diaryl/α,β-unsaturated/α-hetero) is 2. The van der Waals surface area contributed by atoms with Crippen LogP contribution < -0.4 is 5.32 Å². The third-order valence-corrected chi connectivity index (χ3v) is 8.36. The van der Waals surface area contributed by atoms with Gasteiger partial charge in [0, 0.05) is 63.6 Å². The molecule has 4 rings (SSSR count). The highest BCUT2D eigenvalue weighted by Crippen LogP contribution is 2.29. The third-order valence-electron chi connectivity index (χ3n) is 8.13. The number of carbonyl (C=O) groups excluding carboxylic acids is 3. The number of fused-ring (bicyclic) bond motifs is 2. The topological polar surface area (TPSA) is 88.6 Å². The van der Waals surface area contributed by atoms with Crippen LogP contribution in [0.2, 0.25) is 5.02 Å². The Labute approximate surface area is 259 Å². The molecule has 1 aliphatic carbocycles. The molecule has 1 unspecified atom stereocenters. The normalized spacial score (nSPS) is 13.9. The summed E-state index contributed by atoms with van der Waals surface area (Å²) < 4.78 is 5.50. The molecule has 8 heteroatoms. The van der Waals surface area contributed by atoms with Crippen LogP contribution in [-0.2, 0) is 9.53 Å². The van der Waals surface area contributed by atoms with Crippen LogP contribution in [0, 0.1) is 0 Å². The fourth-order valence-electron chi connectivity index (χ4n) is 5.59. The molecule has 1 atom stereocenters. The Morgan fingerprint density at radius 1 is 1.00 bits per heavy atom. The Hall–Kier alpha value is -3.55. The van der Waals surface area contributed by atoms with Crippen molar-refractivity contribution in [3.63, 3.8) is 0 Å². The third kappa shape index (κ3) is 8.74. The number of unbranched alkanes of at least 4 members (excludes halogenated alkanes) is 2. The monoisotopic (exact) mass is 603 g/mol. The molecule has 43 heavy (non-hydrogen) atoms. The summed E-state index contributed by atoms with van der Waals surface area (Å²) in [6.07, 6.45) is 7.00. The Morgan fingerprint density at radius 3 is 2.53 bits per heavy atom. The molecule has 0 saturated carbocycles. The van der Waals surface area contributed by atoms with Gasteiger partial charge in [-0.3, -0.25) is 19.4 Å². The van der Waals surface area contributed by atoms with Crippen LogP contribution in [0.15, 0.2) is 65.9 Å². The maximum Gasteiger partial charge on any atom is 0.305 e. The summed E-state index contributed by atoms with van der Waals surface area (Å²) in [6, 6.07) is 15.1. The molecule has 3 aromatic rings. The first-order valence-corrected chi connectivity index (χ1v) is 15.7. The van der Waals surface area contributed by atoms with Crippen molar-refractivity contribution in [3.05, 3.63) is 82.0 Å². The van der Waals surface area contributed by atoms with E-state index in [1.807, 2.05) is 24.3 Å². The van der Waals surface area contributed by atoms with E-state index in [0.29, 0.717) is 65.8 Å². The van der Waals surface area contributed by atoms with Crippen molar-refractivity contribution in [2.75, 3.05) is 31.6 Å². The Balaban J connectivity index is 1.09. The molecule has 228 valence electrons. The van der Waals surface area contributed by atoms with E-state index in [9.17, 15) is 14.4 Å². The lowest BCUT2D eigenvalue weighted by Gasteiger charge is -2.22. The van der Waals surface area contributed by atoms with E-state index in [-0.39, 0.29) is 17.5 Å². The number of nitrogens with zero attached hydrogens (tertiary/aromatic N) is 2. The van der Waals surface area contributed by atoms with Gasteiger partial charge < -0.3 is 15.0 Å². The Morgan fingerprint density at radius 2 is 1.77 bits per heavy atom. The van der Waals surface area contributed by atoms with Crippen LogP contribution >= 0.6 is 11.6 Å². The Bertz CT molecular complexity index is 1480. The van der Waals surface area contributed by atoms with E-state index in [4.69, 9.17) is 16.3 Å². The molecule has 0 aliphatic heterocycles. The highest BCUT2D eigenvalue weighted by atomic mass is 35.5. The zero-order valence-corrected chi connectivity index (χ0v) is 26.2. The van der Waals surface area contributed by atoms with Gasteiger partial charge in [0.05, 0.1) is 5.52 Å². The van der Waals surface area contributed by atoms with Gasteiger partial charge in [-0.25, -0.2) is 0 Å². The molecule has 2 aromatic carbocycles. The standard InChI is InChI=1S/C35H42ClN3O4/c1-4-39(20-10-11-24(2)38-31-18-19-37-32-23-26(36)16-17-30(31)32)21-22-43-33(40)15-7-5-6-12-27-25(3)34(41)28-13-8-9-14-29(28)35(27)42/h8-9,13-14,16-19,23-24H,4-7,10-12,15,20-22H2,1-3H3,(H,37,38). The number of ether oxygens (including phenoxy) is 1. The largest absolute Gasteiger partial charge is 0.464 e. The molecule has 0 fully saturated rings. The zero-order chi connectivity index (χ0) is 30.8. The van der Waals surface area contributed by atoms with Crippen molar-refractivity contribution in [3.8, 4) is 0 Å². The van der Waals surface area contributed by atoms with Gasteiger partial charge in [-0.15, -0.1) is 0 Å². The fraction of sp³-hybridized carbons (Fsp3) is 0.429. The van der Waals surface area contributed by atoms with Crippen molar-refractivity contribution in [2.45, 2.75) is 71.8 Å². The molecule has 1 aliphatic rings. The smallest absolute Gasteiger partial charge is 0.305 e. The van der Waals surface area contributed by atoms with Gasteiger partial charge in [-0.2, -0.15) is 0 Å². The molecule has 1 aromatic heterocycles. The van der Waals surface area contributed by atoms with Crippen molar-refractivity contribution >= 4 is 45.7 Å². The number of nitrogens with one attached hydrogen (secondary N) is 1. The summed E-state index contributed by atoms with van der Waals surface area (Å²) in [5.74, 6) is -0.301. The minimum Gasteiger partial charge on any atom is -0.464 e. The molecule has 7 nitrogen and oxygen atoms in total. The van der Waals surface area contributed by atoms with E-state index in [2.05, 4.69) is 29.0 Å². The lowest BCUT2D eigenvalue weighted by atomic mass is 9.83. The van der Waals surface area contributed by atoms with Crippen molar-refractivity contribution in [2.24, 2.45) is 0 Å². The van der Waals surface area contributed by atoms with Gasteiger partial charge in [-0.1, -0.05) is 49.2 Å². The van der Waals surface area contributed by atoms with Gasteiger partial charge in [0.2, 0.25) is 0 Å². The second-order valence-corrected chi connectivity index (χ2v) is 11.7. The minimum absolute atomic E-state index is 0.0496. The first-order chi connectivity index (χ1) is 20.8. The number of aromatic nitrogens is 1. The predicted molar refractivity (Wildman–Crippen MR) is 173 cm³/mol. The number of esters is 1. The number of hydrogen-bond donors (Lipinski definition) is 1. The summed E-state index contributed by atoms with van der Waals surface area (Å²) in [6.45, 7) is 8.98. The summed E-state index contributed by atoms with van der Waals surface area (Å²) in [5.41, 5.74) is 4.07. The number of benzene rings is 2. The molecule has 0 spiro atoms. The van der Waals surface area contributed by atoms with Crippen LogP contribution in [0.3, 0.4) is 0 Å². The van der Waals surface area contributed by atoms with Gasteiger partial charge in [0.15, 0.2) is 11.6 Å². The Kier molecular flexibility index (Phi) is 11.9. The maximum absolute atomic E-state index is 12.9. The first kappa shape index (κ1) is 32.4. The lowest BCUT2D eigenvalue weighted by Crippen LogP contribution is -2.30. The van der Waals surface area contributed by atoms with Crippen LogP contribution in [0.25, 0.3) is 10.9 Å². The molecular weight excluding hydrogens is 562 g/mol. The zero-order valence-electron chi connectivity index (χ0n) is 25.5. The minimum atomic E-state index is -0.187.